The number of benzene rings is 1. The van der Waals surface area contributed by atoms with Gasteiger partial charge in [-0.05, 0) is 37.3 Å². The number of hydrogen-bond donors (Lipinski definition) is 2. The molecule has 0 saturated heterocycles. The topological polar surface area (TPSA) is 39.7 Å². The fourth-order valence-electron chi connectivity index (χ4n) is 3.99. The molecule has 21 heavy (non-hydrogen) atoms. The summed E-state index contributed by atoms with van der Waals surface area (Å²) in [6, 6.07) is 6.80. The molecule has 0 radical (unpaired) electrons. The Bertz CT molecular complexity index is 560. The number of amidine groups is 1. The predicted molar refractivity (Wildman–Crippen MR) is 86.3 cm³/mol. The lowest BCUT2D eigenvalue weighted by Crippen LogP contribution is -2.47. The molecule has 1 fully saturated rings. The first-order chi connectivity index (χ1) is 10.3. The van der Waals surface area contributed by atoms with Gasteiger partial charge in [0, 0.05) is 12.2 Å². The fourth-order valence-corrected chi connectivity index (χ4v) is 3.99. The summed E-state index contributed by atoms with van der Waals surface area (Å²) in [6.07, 6.45) is 7.13. The molecule has 0 aromatic heterocycles. The summed E-state index contributed by atoms with van der Waals surface area (Å²) in [7, 11) is 0. The van der Waals surface area contributed by atoms with Gasteiger partial charge in [-0.2, -0.15) is 5.10 Å². The van der Waals surface area contributed by atoms with Crippen molar-refractivity contribution in [2.45, 2.75) is 51.7 Å². The molecular weight excluding hydrogens is 260 g/mol. The minimum atomic E-state index is 0.349. The van der Waals surface area contributed by atoms with Crippen molar-refractivity contribution in [3.63, 3.8) is 0 Å². The van der Waals surface area contributed by atoms with E-state index < -0.39 is 0 Å². The molecule has 1 aromatic carbocycles. The number of rotatable bonds is 1. The van der Waals surface area contributed by atoms with Crippen LogP contribution in [0.5, 0.6) is 0 Å². The van der Waals surface area contributed by atoms with Crippen LogP contribution in [0.3, 0.4) is 0 Å². The standard InChI is InChI=1S/C17H24N4/c1-12-7-8-15-14(9-12)10-18-11-16-19-20-17(21(15)16)13-5-3-2-4-6-13/h7-9,13,17-18,20H,2-6,10-11H2,1H3. The van der Waals surface area contributed by atoms with E-state index in [0.717, 1.165) is 18.9 Å². The normalized spacial score (nSPS) is 25.7. The third-order valence-electron chi connectivity index (χ3n) is 5.07. The minimum absolute atomic E-state index is 0.349. The first kappa shape index (κ1) is 13.1. The Hall–Kier alpha value is -1.55. The Kier molecular flexibility index (Phi) is 3.34. The van der Waals surface area contributed by atoms with Crippen molar-refractivity contribution in [2.24, 2.45) is 11.0 Å². The van der Waals surface area contributed by atoms with E-state index in [0.29, 0.717) is 12.1 Å². The van der Waals surface area contributed by atoms with Crippen LogP contribution in [0, 0.1) is 12.8 Å². The molecule has 2 N–H and O–H groups in total. The van der Waals surface area contributed by atoms with Gasteiger partial charge in [0.1, 0.15) is 12.0 Å². The summed E-state index contributed by atoms with van der Waals surface area (Å²) in [5.74, 6) is 1.86. The number of anilines is 1. The second-order valence-corrected chi connectivity index (χ2v) is 6.61. The van der Waals surface area contributed by atoms with E-state index in [-0.39, 0.29) is 0 Å². The molecule has 2 aliphatic heterocycles. The molecule has 0 amide bonds. The maximum Gasteiger partial charge on any atom is 0.145 e. The van der Waals surface area contributed by atoms with Crippen LogP contribution in [0.2, 0.25) is 0 Å². The molecule has 4 heteroatoms. The number of nitrogens with one attached hydrogen (secondary N) is 2. The summed E-state index contributed by atoms with van der Waals surface area (Å²) in [6.45, 7) is 3.95. The van der Waals surface area contributed by atoms with Crippen LogP contribution in [0.15, 0.2) is 23.3 Å². The van der Waals surface area contributed by atoms with E-state index in [2.05, 4.69) is 45.9 Å². The predicted octanol–water partition coefficient (Wildman–Crippen LogP) is 2.73. The molecule has 1 atom stereocenters. The van der Waals surface area contributed by atoms with Crippen molar-refractivity contribution >= 4 is 11.5 Å². The van der Waals surface area contributed by atoms with Gasteiger partial charge >= 0.3 is 0 Å². The third-order valence-corrected chi connectivity index (χ3v) is 5.07. The Morgan fingerprint density at radius 3 is 2.86 bits per heavy atom. The number of fused-ring (bicyclic) bond motifs is 3. The quantitative estimate of drug-likeness (QED) is 0.833. The zero-order chi connectivity index (χ0) is 14.2. The average Bonchev–Trinajstić information content (AvgIpc) is 2.84. The van der Waals surface area contributed by atoms with Crippen molar-refractivity contribution < 1.29 is 0 Å². The second-order valence-electron chi connectivity index (χ2n) is 6.61. The lowest BCUT2D eigenvalue weighted by atomic mass is 9.86. The largest absolute Gasteiger partial charge is 0.306 e. The summed E-state index contributed by atoms with van der Waals surface area (Å²) >= 11 is 0. The van der Waals surface area contributed by atoms with Crippen LogP contribution in [-0.4, -0.2) is 18.5 Å². The highest BCUT2D eigenvalue weighted by Crippen LogP contribution is 2.35. The molecule has 2 heterocycles. The first-order valence-electron chi connectivity index (χ1n) is 8.24. The van der Waals surface area contributed by atoms with E-state index in [1.54, 1.807) is 0 Å². The van der Waals surface area contributed by atoms with Crippen molar-refractivity contribution in [2.75, 3.05) is 11.4 Å². The first-order valence-corrected chi connectivity index (χ1v) is 8.24. The van der Waals surface area contributed by atoms with E-state index >= 15 is 0 Å². The molecule has 0 bridgehead atoms. The maximum atomic E-state index is 4.63. The third kappa shape index (κ3) is 2.31. The maximum absolute atomic E-state index is 4.63. The number of aryl methyl sites for hydroxylation is 1. The summed E-state index contributed by atoms with van der Waals surface area (Å²) in [4.78, 5) is 2.46. The van der Waals surface area contributed by atoms with Gasteiger partial charge < -0.3 is 10.2 Å². The van der Waals surface area contributed by atoms with Gasteiger partial charge in [0.05, 0.1) is 6.54 Å². The highest BCUT2D eigenvalue weighted by atomic mass is 15.5. The Morgan fingerprint density at radius 2 is 2.00 bits per heavy atom. The van der Waals surface area contributed by atoms with E-state index in [1.165, 1.54) is 48.9 Å². The molecule has 1 saturated carbocycles. The Labute approximate surface area is 126 Å². The molecule has 0 spiro atoms. The van der Waals surface area contributed by atoms with Crippen molar-refractivity contribution in [1.82, 2.24) is 10.7 Å². The van der Waals surface area contributed by atoms with Gasteiger partial charge in [-0.1, -0.05) is 37.0 Å². The van der Waals surface area contributed by atoms with Crippen molar-refractivity contribution in [3.05, 3.63) is 29.3 Å². The molecule has 112 valence electrons. The van der Waals surface area contributed by atoms with Crippen LogP contribution < -0.4 is 15.6 Å². The second kappa shape index (κ2) is 5.34. The van der Waals surface area contributed by atoms with Gasteiger partial charge in [-0.3, -0.25) is 5.43 Å². The average molecular weight is 284 g/mol. The molecule has 1 aliphatic carbocycles. The number of nitrogens with zero attached hydrogens (tertiary/aromatic N) is 2. The minimum Gasteiger partial charge on any atom is -0.306 e. The Balaban J connectivity index is 1.70. The monoisotopic (exact) mass is 284 g/mol. The van der Waals surface area contributed by atoms with Gasteiger partial charge in [0.25, 0.3) is 0 Å². The lowest BCUT2D eigenvalue weighted by molar-refractivity contribution is 0.285. The zero-order valence-electron chi connectivity index (χ0n) is 12.7. The highest BCUT2D eigenvalue weighted by Gasteiger charge is 2.37. The summed E-state index contributed by atoms with van der Waals surface area (Å²) < 4.78 is 0. The van der Waals surface area contributed by atoms with Crippen LogP contribution in [0.25, 0.3) is 0 Å². The SMILES string of the molecule is Cc1ccc2c(c1)CNCC1=NNC(C3CCCCC3)N12. The van der Waals surface area contributed by atoms with Gasteiger partial charge in [-0.25, -0.2) is 0 Å². The van der Waals surface area contributed by atoms with Gasteiger partial charge in [0.15, 0.2) is 0 Å². The van der Waals surface area contributed by atoms with Crippen molar-refractivity contribution in [3.8, 4) is 0 Å². The van der Waals surface area contributed by atoms with Crippen LogP contribution in [0.4, 0.5) is 5.69 Å². The fraction of sp³-hybridized carbons (Fsp3) is 0.588. The van der Waals surface area contributed by atoms with Gasteiger partial charge in [0.2, 0.25) is 0 Å². The lowest BCUT2D eigenvalue weighted by Gasteiger charge is -2.35. The molecule has 4 nitrogen and oxygen atoms in total. The molecule has 3 aliphatic rings. The molecular formula is C17H24N4. The molecule has 1 aromatic rings. The zero-order valence-corrected chi connectivity index (χ0v) is 12.7. The highest BCUT2D eigenvalue weighted by molar-refractivity contribution is 6.02. The van der Waals surface area contributed by atoms with Crippen LogP contribution in [0.1, 0.15) is 43.2 Å². The van der Waals surface area contributed by atoms with E-state index in [9.17, 15) is 0 Å². The summed E-state index contributed by atoms with van der Waals surface area (Å²) in [5.41, 5.74) is 7.49. The Morgan fingerprint density at radius 1 is 1.14 bits per heavy atom. The van der Waals surface area contributed by atoms with E-state index in [1.807, 2.05) is 0 Å². The number of hydrazone groups is 1. The van der Waals surface area contributed by atoms with Crippen molar-refractivity contribution in [1.29, 1.82) is 0 Å². The molecule has 4 rings (SSSR count). The molecule has 1 unspecified atom stereocenters. The number of hydrogen-bond acceptors (Lipinski definition) is 4. The van der Waals surface area contributed by atoms with Crippen LogP contribution >= 0.6 is 0 Å². The summed E-state index contributed by atoms with van der Waals surface area (Å²) in [5, 5.41) is 8.14. The van der Waals surface area contributed by atoms with Gasteiger partial charge in [-0.15, -0.1) is 0 Å². The van der Waals surface area contributed by atoms with E-state index in [4.69, 9.17) is 0 Å². The smallest absolute Gasteiger partial charge is 0.145 e. The van der Waals surface area contributed by atoms with Crippen LogP contribution in [-0.2, 0) is 6.54 Å².